The number of rotatable bonds is 12. The largest absolute Gasteiger partial charge is 0.297 e. The standard InChI is InChI=1S/C25H39N/c1-5-24(26-23-18-19-23)22-16-14-21(15-17-22)13-11-9-7-6-8-10-12-20-25(2,3)4/h1,14-17,23-24,26H,6-13,18-20H2,2-4H3. The highest BCUT2D eigenvalue weighted by Gasteiger charge is 2.24. The van der Waals surface area contributed by atoms with Crippen molar-refractivity contribution < 1.29 is 0 Å². The fraction of sp³-hybridized carbons (Fsp3) is 0.680. The number of nitrogens with one attached hydrogen (secondary N) is 1. The summed E-state index contributed by atoms with van der Waals surface area (Å²) in [6.45, 7) is 7.03. The van der Waals surface area contributed by atoms with Crippen LogP contribution in [0, 0.1) is 17.8 Å². The maximum Gasteiger partial charge on any atom is 0.0945 e. The van der Waals surface area contributed by atoms with Gasteiger partial charge < -0.3 is 0 Å². The number of hydrogen-bond donors (Lipinski definition) is 1. The molecule has 0 spiro atoms. The summed E-state index contributed by atoms with van der Waals surface area (Å²) < 4.78 is 0. The number of unbranched alkanes of at least 4 members (excludes halogenated alkanes) is 6. The minimum Gasteiger partial charge on any atom is -0.297 e. The zero-order valence-corrected chi connectivity index (χ0v) is 17.3. The third-order valence-electron chi connectivity index (χ3n) is 5.35. The molecule has 0 aromatic heterocycles. The van der Waals surface area contributed by atoms with Gasteiger partial charge >= 0.3 is 0 Å². The summed E-state index contributed by atoms with van der Waals surface area (Å²) in [5.74, 6) is 2.89. The van der Waals surface area contributed by atoms with Crippen molar-refractivity contribution in [1.82, 2.24) is 5.32 Å². The Labute approximate surface area is 162 Å². The van der Waals surface area contributed by atoms with E-state index in [1.165, 1.54) is 81.8 Å². The Bertz CT molecular complexity index is 539. The predicted molar refractivity (Wildman–Crippen MR) is 114 cm³/mol. The van der Waals surface area contributed by atoms with Gasteiger partial charge in [0.2, 0.25) is 0 Å². The third kappa shape index (κ3) is 8.91. The second-order valence-electron chi connectivity index (χ2n) is 9.32. The molecule has 0 heterocycles. The van der Waals surface area contributed by atoms with Crippen LogP contribution in [0.15, 0.2) is 24.3 Å². The van der Waals surface area contributed by atoms with Gasteiger partial charge in [0.15, 0.2) is 0 Å². The van der Waals surface area contributed by atoms with Crippen molar-refractivity contribution in [1.29, 1.82) is 0 Å². The lowest BCUT2D eigenvalue weighted by molar-refractivity contribution is 0.356. The SMILES string of the molecule is C#CC(NC1CC1)c1ccc(CCCCCCCCCC(C)(C)C)cc1. The second kappa shape index (κ2) is 10.8. The van der Waals surface area contributed by atoms with Crippen LogP contribution >= 0.6 is 0 Å². The van der Waals surface area contributed by atoms with E-state index in [0.29, 0.717) is 11.5 Å². The summed E-state index contributed by atoms with van der Waals surface area (Å²) in [4.78, 5) is 0. The third-order valence-corrected chi connectivity index (χ3v) is 5.35. The first-order valence-electron chi connectivity index (χ1n) is 10.8. The van der Waals surface area contributed by atoms with Gasteiger partial charge in [0, 0.05) is 6.04 Å². The number of hydrogen-bond acceptors (Lipinski definition) is 1. The molecule has 1 aliphatic rings. The van der Waals surface area contributed by atoms with Crippen LogP contribution in [0.2, 0.25) is 0 Å². The Morgan fingerprint density at radius 1 is 0.962 bits per heavy atom. The molecule has 0 aliphatic heterocycles. The summed E-state index contributed by atoms with van der Waals surface area (Å²) >= 11 is 0. The van der Waals surface area contributed by atoms with Crippen LogP contribution in [0.25, 0.3) is 0 Å². The monoisotopic (exact) mass is 353 g/mol. The van der Waals surface area contributed by atoms with E-state index in [2.05, 4.69) is 56.3 Å². The van der Waals surface area contributed by atoms with Gasteiger partial charge in [-0.15, -0.1) is 6.42 Å². The van der Waals surface area contributed by atoms with Crippen molar-refractivity contribution in [3.63, 3.8) is 0 Å². The molecule has 0 bridgehead atoms. The minimum absolute atomic E-state index is 0.0785. The van der Waals surface area contributed by atoms with E-state index in [1.54, 1.807) is 0 Å². The lowest BCUT2D eigenvalue weighted by Gasteiger charge is -2.17. The molecule has 1 aromatic rings. The van der Waals surface area contributed by atoms with Crippen molar-refractivity contribution in [3.05, 3.63) is 35.4 Å². The molecule has 1 aromatic carbocycles. The smallest absolute Gasteiger partial charge is 0.0945 e. The molecular weight excluding hydrogens is 314 g/mol. The zero-order chi connectivity index (χ0) is 18.8. The zero-order valence-electron chi connectivity index (χ0n) is 17.3. The predicted octanol–water partition coefficient (Wildman–Crippen LogP) is 6.82. The number of terminal acetylenes is 1. The Morgan fingerprint density at radius 3 is 2.08 bits per heavy atom. The van der Waals surface area contributed by atoms with Crippen molar-refractivity contribution in [2.75, 3.05) is 0 Å². The van der Waals surface area contributed by atoms with Crippen molar-refractivity contribution in [2.45, 2.75) is 103 Å². The van der Waals surface area contributed by atoms with Crippen molar-refractivity contribution >= 4 is 0 Å². The van der Waals surface area contributed by atoms with E-state index in [0.717, 1.165) is 0 Å². The molecule has 1 unspecified atom stereocenters. The van der Waals surface area contributed by atoms with Crippen LogP contribution in [0.3, 0.4) is 0 Å². The molecule has 1 fully saturated rings. The number of benzene rings is 1. The van der Waals surface area contributed by atoms with Gasteiger partial charge in [-0.1, -0.05) is 89.5 Å². The summed E-state index contributed by atoms with van der Waals surface area (Å²) in [5, 5.41) is 3.53. The van der Waals surface area contributed by atoms with E-state index in [-0.39, 0.29) is 6.04 Å². The lowest BCUT2D eigenvalue weighted by atomic mass is 9.89. The van der Waals surface area contributed by atoms with Gasteiger partial charge in [0.25, 0.3) is 0 Å². The van der Waals surface area contributed by atoms with Crippen LogP contribution in [-0.2, 0) is 6.42 Å². The molecule has 1 heteroatoms. The molecule has 1 nitrogen and oxygen atoms in total. The fourth-order valence-corrected chi connectivity index (χ4v) is 3.47. The molecule has 0 amide bonds. The normalized spacial score (nSPS) is 15.6. The first-order valence-corrected chi connectivity index (χ1v) is 10.8. The average Bonchev–Trinajstić information content (AvgIpc) is 3.42. The molecule has 26 heavy (non-hydrogen) atoms. The van der Waals surface area contributed by atoms with Crippen molar-refractivity contribution in [3.8, 4) is 12.3 Å². The van der Waals surface area contributed by atoms with E-state index in [1.807, 2.05) is 0 Å². The average molecular weight is 354 g/mol. The van der Waals surface area contributed by atoms with Gasteiger partial charge in [-0.25, -0.2) is 0 Å². The Morgan fingerprint density at radius 2 is 1.54 bits per heavy atom. The van der Waals surface area contributed by atoms with Gasteiger partial charge in [0.1, 0.15) is 0 Å². The van der Waals surface area contributed by atoms with E-state index < -0.39 is 0 Å². The van der Waals surface area contributed by atoms with Crippen LogP contribution in [0.4, 0.5) is 0 Å². The first kappa shape index (κ1) is 21.0. The van der Waals surface area contributed by atoms with Gasteiger partial charge in [-0.05, 0) is 48.6 Å². The maximum atomic E-state index is 5.68. The fourth-order valence-electron chi connectivity index (χ4n) is 3.47. The lowest BCUT2D eigenvalue weighted by Crippen LogP contribution is -2.21. The first-order chi connectivity index (χ1) is 12.5. The molecular formula is C25H39N. The summed E-state index contributed by atoms with van der Waals surface area (Å²) in [6.07, 6.45) is 20.4. The highest BCUT2D eigenvalue weighted by molar-refractivity contribution is 5.29. The van der Waals surface area contributed by atoms with Crippen LogP contribution in [-0.4, -0.2) is 6.04 Å². The highest BCUT2D eigenvalue weighted by atomic mass is 15.0. The second-order valence-corrected chi connectivity index (χ2v) is 9.32. The number of aryl methyl sites for hydroxylation is 1. The van der Waals surface area contributed by atoms with E-state index in [9.17, 15) is 0 Å². The molecule has 0 saturated heterocycles. The minimum atomic E-state index is 0.0785. The van der Waals surface area contributed by atoms with E-state index >= 15 is 0 Å². The molecule has 1 saturated carbocycles. The van der Waals surface area contributed by atoms with Crippen LogP contribution in [0.5, 0.6) is 0 Å². The summed E-state index contributed by atoms with van der Waals surface area (Å²) in [5.41, 5.74) is 3.18. The van der Waals surface area contributed by atoms with Gasteiger partial charge in [-0.3, -0.25) is 5.32 Å². The highest BCUT2D eigenvalue weighted by Crippen LogP contribution is 2.25. The van der Waals surface area contributed by atoms with E-state index in [4.69, 9.17) is 6.42 Å². The summed E-state index contributed by atoms with van der Waals surface area (Å²) in [6, 6.07) is 9.68. The molecule has 0 radical (unpaired) electrons. The van der Waals surface area contributed by atoms with Crippen LogP contribution < -0.4 is 5.32 Å². The molecule has 1 N–H and O–H groups in total. The molecule has 144 valence electrons. The molecule has 2 rings (SSSR count). The Balaban J connectivity index is 1.53. The quantitative estimate of drug-likeness (QED) is 0.321. The van der Waals surface area contributed by atoms with Gasteiger partial charge in [0.05, 0.1) is 6.04 Å². The summed E-state index contributed by atoms with van der Waals surface area (Å²) in [7, 11) is 0. The van der Waals surface area contributed by atoms with Crippen molar-refractivity contribution in [2.24, 2.45) is 5.41 Å². The Kier molecular flexibility index (Phi) is 8.73. The van der Waals surface area contributed by atoms with Crippen LogP contribution in [0.1, 0.15) is 102 Å². The topological polar surface area (TPSA) is 12.0 Å². The Hall–Kier alpha value is -1.26. The molecule has 1 aliphatic carbocycles. The van der Waals surface area contributed by atoms with Gasteiger partial charge in [-0.2, -0.15) is 0 Å². The maximum absolute atomic E-state index is 5.68. The molecule has 1 atom stereocenters.